The van der Waals surface area contributed by atoms with Crippen LogP contribution in [0.2, 0.25) is 0 Å². The van der Waals surface area contributed by atoms with Gasteiger partial charge in [-0.1, -0.05) is 19.3 Å². The molecule has 1 N–H and O–H groups in total. The molecule has 1 aromatic heterocycles. The Morgan fingerprint density at radius 1 is 1.36 bits per heavy atom. The van der Waals surface area contributed by atoms with Crippen molar-refractivity contribution in [3.8, 4) is 6.07 Å². The van der Waals surface area contributed by atoms with Crippen molar-refractivity contribution in [1.82, 2.24) is 5.32 Å². The summed E-state index contributed by atoms with van der Waals surface area (Å²) < 4.78 is 4.98. The first kappa shape index (κ1) is 16.5. The van der Waals surface area contributed by atoms with Crippen molar-refractivity contribution >= 4 is 23.2 Å². The normalized spacial score (nSPS) is 16.5. The van der Waals surface area contributed by atoms with Gasteiger partial charge >= 0.3 is 5.97 Å². The zero-order valence-electron chi connectivity index (χ0n) is 12.5. The van der Waals surface area contributed by atoms with Crippen molar-refractivity contribution in [2.75, 3.05) is 6.61 Å². The highest BCUT2D eigenvalue weighted by Gasteiger charge is 2.33. The zero-order valence-corrected chi connectivity index (χ0v) is 13.3. The standard InChI is InChI=1S/C16H20N2O3S/c17-12-16(7-2-1-3-8-16)18-14(19)10-21-15(20)5-4-13-6-9-22-11-13/h6,9,11H,1-5,7-8,10H2,(H,18,19). The fourth-order valence-corrected chi connectivity index (χ4v) is 3.33. The van der Waals surface area contributed by atoms with E-state index in [2.05, 4.69) is 11.4 Å². The number of thiophene rings is 1. The number of nitriles is 1. The molecule has 2 rings (SSSR count). The molecular weight excluding hydrogens is 300 g/mol. The smallest absolute Gasteiger partial charge is 0.306 e. The number of ether oxygens (including phenoxy) is 1. The van der Waals surface area contributed by atoms with Gasteiger partial charge in [0.05, 0.1) is 6.07 Å². The first-order valence-electron chi connectivity index (χ1n) is 7.52. The van der Waals surface area contributed by atoms with Gasteiger partial charge in [0.15, 0.2) is 6.61 Å². The Morgan fingerprint density at radius 2 is 2.14 bits per heavy atom. The lowest BCUT2D eigenvalue weighted by Crippen LogP contribution is -2.50. The highest BCUT2D eigenvalue weighted by Crippen LogP contribution is 2.27. The number of rotatable bonds is 6. The summed E-state index contributed by atoms with van der Waals surface area (Å²) >= 11 is 1.58. The van der Waals surface area contributed by atoms with E-state index in [1.807, 2.05) is 16.8 Å². The van der Waals surface area contributed by atoms with Crippen molar-refractivity contribution in [3.05, 3.63) is 22.4 Å². The van der Waals surface area contributed by atoms with E-state index in [1.54, 1.807) is 11.3 Å². The third-order valence-electron chi connectivity index (χ3n) is 3.86. The lowest BCUT2D eigenvalue weighted by Gasteiger charge is -2.31. The van der Waals surface area contributed by atoms with Crippen LogP contribution in [0.3, 0.4) is 0 Å². The van der Waals surface area contributed by atoms with Crippen molar-refractivity contribution in [1.29, 1.82) is 5.26 Å². The summed E-state index contributed by atoms with van der Waals surface area (Å²) in [6.07, 6.45) is 5.18. The average molecular weight is 320 g/mol. The first-order valence-corrected chi connectivity index (χ1v) is 8.47. The summed E-state index contributed by atoms with van der Waals surface area (Å²) in [6, 6.07) is 4.17. The average Bonchev–Trinajstić information content (AvgIpc) is 3.05. The number of hydrogen-bond acceptors (Lipinski definition) is 5. The van der Waals surface area contributed by atoms with Crippen LogP contribution in [0.15, 0.2) is 16.8 Å². The summed E-state index contributed by atoms with van der Waals surface area (Å²) in [5.74, 6) is -0.789. The van der Waals surface area contributed by atoms with E-state index < -0.39 is 17.4 Å². The number of esters is 1. The maximum Gasteiger partial charge on any atom is 0.306 e. The van der Waals surface area contributed by atoms with Gasteiger partial charge in [-0.05, 0) is 41.7 Å². The van der Waals surface area contributed by atoms with Gasteiger partial charge in [-0.15, -0.1) is 0 Å². The van der Waals surface area contributed by atoms with Crippen LogP contribution in [0.25, 0.3) is 0 Å². The molecule has 0 spiro atoms. The van der Waals surface area contributed by atoms with Crippen LogP contribution in [-0.2, 0) is 20.7 Å². The van der Waals surface area contributed by atoms with E-state index >= 15 is 0 Å². The van der Waals surface area contributed by atoms with Crippen LogP contribution < -0.4 is 5.32 Å². The summed E-state index contributed by atoms with van der Waals surface area (Å²) in [5, 5.41) is 16.0. The van der Waals surface area contributed by atoms with Crippen LogP contribution >= 0.6 is 11.3 Å². The van der Waals surface area contributed by atoms with Gasteiger partial charge < -0.3 is 10.1 Å². The molecule has 0 unspecified atom stereocenters. The minimum Gasteiger partial charge on any atom is -0.456 e. The van der Waals surface area contributed by atoms with E-state index in [4.69, 9.17) is 4.74 Å². The first-order chi connectivity index (χ1) is 10.6. The third-order valence-corrected chi connectivity index (χ3v) is 4.59. The molecule has 1 heterocycles. The van der Waals surface area contributed by atoms with Crippen molar-refractivity contribution in [2.24, 2.45) is 0 Å². The molecule has 5 nitrogen and oxygen atoms in total. The minimum absolute atomic E-state index is 0.257. The Kier molecular flexibility index (Phi) is 5.96. The number of amides is 1. The number of carbonyl (C=O) groups excluding carboxylic acids is 2. The van der Waals surface area contributed by atoms with E-state index in [0.29, 0.717) is 19.3 Å². The Hall–Kier alpha value is -1.87. The SMILES string of the molecule is N#CC1(NC(=O)COC(=O)CCc2ccsc2)CCCCC1. The molecule has 0 bridgehead atoms. The van der Waals surface area contributed by atoms with Crippen LogP contribution in [0.4, 0.5) is 0 Å². The van der Waals surface area contributed by atoms with E-state index in [1.165, 1.54) is 0 Å². The molecule has 22 heavy (non-hydrogen) atoms. The molecule has 1 fully saturated rings. The van der Waals surface area contributed by atoms with Crippen LogP contribution in [0.1, 0.15) is 44.1 Å². The predicted octanol–water partition coefficient (Wildman–Crippen LogP) is 2.57. The number of aryl methyl sites for hydroxylation is 1. The molecule has 1 aliphatic carbocycles. The van der Waals surface area contributed by atoms with Gasteiger partial charge in [-0.2, -0.15) is 16.6 Å². The van der Waals surface area contributed by atoms with Crippen molar-refractivity contribution in [2.45, 2.75) is 50.5 Å². The van der Waals surface area contributed by atoms with Gasteiger partial charge in [0.2, 0.25) is 0 Å². The van der Waals surface area contributed by atoms with Gasteiger partial charge in [-0.25, -0.2) is 0 Å². The molecule has 6 heteroatoms. The molecule has 1 amide bonds. The van der Waals surface area contributed by atoms with Gasteiger partial charge in [0, 0.05) is 6.42 Å². The van der Waals surface area contributed by atoms with Crippen molar-refractivity contribution in [3.63, 3.8) is 0 Å². The summed E-state index contributed by atoms with van der Waals surface area (Å²) in [5.41, 5.74) is 0.315. The summed E-state index contributed by atoms with van der Waals surface area (Å²) in [4.78, 5) is 23.5. The van der Waals surface area contributed by atoms with Gasteiger partial charge in [-0.3, -0.25) is 9.59 Å². The quantitative estimate of drug-likeness (QED) is 0.817. The lowest BCUT2D eigenvalue weighted by molar-refractivity contribution is -0.149. The Labute approximate surface area is 134 Å². The Morgan fingerprint density at radius 3 is 2.77 bits per heavy atom. The molecule has 118 valence electrons. The van der Waals surface area contributed by atoms with Gasteiger partial charge in [0.1, 0.15) is 5.54 Å². The second-order valence-electron chi connectivity index (χ2n) is 5.60. The zero-order chi connectivity index (χ0) is 15.8. The molecule has 1 aromatic rings. The topological polar surface area (TPSA) is 79.2 Å². The van der Waals surface area contributed by atoms with Crippen LogP contribution in [0.5, 0.6) is 0 Å². The third kappa shape index (κ3) is 4.85. The summed E-state index contributed by atoms with van der Waals surface area (Å²) in [7, 11) is 0. The fraction of sp³-hybridized carbons (Fsp3) is 0.562. The minimum atomic E-state index is -0.779. The number of nitrogens with one attached hydrogen (secondary N) is 1. The molecule has 1 aliphatic rings. The van der Waals surface area contributed by atoms with Crippen LogP contribution in [-0.4, -0.2) is 24.0 Å². The van der Waals surface area contributed by atoms with Crippen LogP contribution in [0, 0.1) is 11.3 Å². The molecule has 1 saturated carbocycles. The lowest BCUT2D eigenvalue weighted by atomic mass is 9.83. The molecule has 0 saturated heterocycles. The number of nitrogens with zero attached hydrogens (tertiary/aromatic N) is 1. The van der Waals surface area contributed by atoms with Gasteiger partial charge in [0.25, 0.3) is 5.91 Å². The fourth-order valence-electron chi connectivity index (χ4n) is 2.62. The Bertz CT molecular complexity index is 542. The molecular formula is C16H20N2O3S. The molecule has 0 radical (unpaired) electrons. The second-order valence-corrected chi connectivity index (χ2v) is 6.38. The van der Waals surface area contributed by atoms with E-state index in [9.17, 15) is 14.9 Å². The maximum absolute atomic E-state index is 11.9. The highest BCUT2D eigenvalue weighted by molar-refractivity contribution is 7.07. The van der Waals surface area contributed by atoms with E-state index in [0.717, 1.165) is 24.8 Å². The largest absolute Gasteiger partial charge is 0.456 e. The predicted molar refractivity (Wildman–Crippen MR) is 83.2 cm³/mol. The molecule has 0 aliphatic heterocycles. The number of hydrogen-bond donors (Lipinski definition) is 1. The molecule has 0 aromatic carbocycles. The van der Waals surface area contributed by atoms with E-state index in [-0.39, 0.29) is 13.0 Å². The highest BCUT2D eigenvalue weighted by atomic mass is 32.1. The second kappa shape index (κ2) is 7.95. The summed E-state index contributed by atoms with van der Waals surface area (Å²) in [6.45, 7) is -0.314. The monoisotopic (exact) mass is 320 g/mol. The maximum atomic E-state index is 11.9. The Balaban J connectivity index is 1.70. The number of carbonyl (C=O) groups is 2. The van der Waals surface area contributed by atoms with Crippen molar-refractivity contribution < 1.29 is 14.3 Å². The molecule has 0 atom stereocenters.